The molecule has 1 aromatic rings. The van der Waals surface area contributed by atoms with Crippen LogP contribution in [0.5, 0.6) is 0 Å². The molecule has 21 heavy (non-hydrogen) atoms. The Kier molecular flexibility index (Phi) is 5.67. The predicted molar refractivity (Wildman–Crippen MR) is 86.0 cm³/mol. The number of hydrogen-bond acceptors (Lipinski definition) is 3. The van der Waals surface area contributed by atoms with Crippen molar-refractivity contribution in [3.63, 3.8) is 0 Å². The van der Waals surface area contributed by atoms with Gasteiger partial charge in [0.1, 0.15) is 0 Å². The van der Waals surface area contributed by atoms with E-state index in [9.17, 15) is 9.59 Å². The summed E-state index contributed by atoms with van der Waals surface area (Å²) < 4.78 is 0. The number of nitrogens with zero attached hydrogens (tertiary/aromatic N) is 1. The van der Waals surface area contributed by atoms with Gasteiger partial charge in [0.15, 0.2) is 0 Å². The third-order valence-corrected chi connectivity index (χ3v) is 4.72. The normalized spacial score (nSPS) is 18.0. The Morgan fingerprint density at radius 3 is 2.71 bits per heavy atom. The number of aryl methyl sites for hydroxylation is 1. The van der Waals surface area contributed by atoms with E-state index in [1.807, 2.05) is 4.90 Å². The number of primary amides is 1. The maximum atomic E-state index is 12.3. The number of hydrogen-bond donors (Lipinski definition) is 1. The Hall–Kier alpha value is -1.49. The largest absolute Gasteiger partial charge is 0.369 e. The number of thioether (sulfide) groups is 1. The van der Waals surface area contributed by atoms with Crippen LogP contribution in [0, 0.1) is 6.92 Å². The molecule has 1 saturated heterocycles. The van der Waals surface area contributed by atoms with Gasteiger partial charge < -0.3 is 10.6 Å². The summed E-state index contributed by atoms with van der Waals surface area (Å²) in [6.45, 7) is 2.90. The minimum Gasteiger partial charge on any atom is -0.369 e. The van der Waals surface area contributed by atoms with Gasteiger partial charge in [0, 0.05) is 18.7 Å². The number of carbonyl (C=O) groups excluding carboxylic acids is 2. The van der Waals surface area contributed by atoms with Gasteiger partial charge in [0.05, 0.1) is 11.8 Å². The van der Waals surface area contributed by atoms with Gasteiger partial charge in [-0.05, 0) is 25.3 Å². The number of likely N-dealkylation sites (tertiary alicyclic amines) is 1. The molecule has 1 aliphatic heterocycles. The lowest BCUT2D eigenvalue weighted by Crippen LogP contribution is -2.30. The third kappa shape index (κ3) is 4.49. The fourth-order valence-electron chi connectivity index (χ4n) is 2.68. The molecule has 0 aliphatic carbocycles. The molecule has 2 amide bonds. The second kappa shape index (κ2) is 7.50. The van der Waals surface area contributed by atoms with Gasteiger partial charge in [-0.2, -0.15) is 11.8 Å². The van der Waals surface area contributed by atoms with Gasteiger partial charge in [-0.3, -0.25) is 9.59 Å². The Morgan fingerprint density at radius 1 is 1.33 bits per heavy atom. The van der Waals surface area contributed by atoms with Crippen molar-refractivity contribution < 1.29 is 9.59 Å². The van der Waals surface area contributed by atoms with Crippen LogP contribution in [-0.2, 0) is 9.59 Å². The Morgan fingerprint density at radius 2 is 2.05 bits per heavy atom. The smallest absolute Gasteiger partial charge is 0.227 e. The van der Waals surface area contributed by atoms with Crippen molar-refractivity contribution in [2.24, 2.45) is 5.73 Å². The molecular weight excluding hydrogens is 284 g/mol. The maximum Gasteiger partial charge on any atom is 0.227 e. The molecule has 1 heterocycles. The Balaban J connectivity index is 1.90. The SMILES string of the molecule is Cc1ccc(C2CCCN2C(=O)CCSCC(N)=O)cc1. The second-order valence-electron chi connectivity index (χ2n) is 5.42. The molecule has 1 aromatic carbocycles. The molecule has 114 valence electrons. The standard InChI is InChI=1S/C16H22N2O2S/c1-12-4-6-13(7-5-12)14-3-2-9-18(14)16(20)8-10-21-11-15(17)19/h4-7,14H,2-3,8-11H2,1H3,(H2,17,19). The fourth-order valence-corrected chi connectivity index (χ4v) is 3.34. The summed E-state index contributed by atoms with van der Waals surface area (Å²) in [5.41, 5.74) is 7.54. The van der Waals surface area contributed by atoms with Crippen molar-refractivity contribution >= 4 is 23.6 Å². The van der Waals surface area contributed by atoms with Gasteiger partial charge in [-0.1, -0.05) is 29.8 Å². The van der Waals surface area contributed by atoms with Crippen molar-refractivity contribution in [3.05, 3.63) is 35.4 Å². The average Bonchev–Trinajstić information content (AvgIpc) is 2.93. The van der Waals surface area contributed by atoms with Crippen molar-refractivity contribution in [1.29, 1.82) is 0 Å². The van der Waals surface area contributed by atoms with E-state index in [0.717, 1.165) is 19.4 Å². The summed E-state index contributed by atoms with van der Waals surface area (Å²) in [7, 11) is 0. The number of rotatable bonds is 6. The first-order valence-electron chi connectivity index (χ1n) is 7.30. The lowest BCUT2D eigenvalue weighted by atomic mass is 10.0. The maximum absolute atomic E-state index is 12.3. The number of nitrogens with two attached hydrogens (primary N) is 1. The third-order valence-electron chi connectivity index (χ3n) is 3.74. The monoisotopic (exact) mass is 306 g/mol. The molecule has 2 rings (SSSR count). The van der Waals surface area contributed by atoms with Gasteiger partial charge in [0.2, 0.25) is 11.8 Å². The van der Waals surface area contributed by atoms with Crippen LogP contribution in [0.4, 0.5) is 0 Å². The summed E-state index contributed by atoms with van der Waals surface area (Å²) in [5.74, 6) is 0.786. The summed E-state index contributed by atoms with van der Waals surface area (Å²) in [6.07, 6.45) is 2.56. The van der Waals surface area contributed by atoms with Crippen LogP contribution in [0.15, 0.2) is 24.3 Å². The highest BCUT2D eigenvalue weighted by atomic mass is 32.2. The molecule has 4 nitrogen and oxygen atoms in total. The molecule has 0 saturated carbocycles. The average molecular weight is 306 g/mol. The minimum absolute atomic E-state index is 0.176. The van der Waals surface area contributed by atoms with Gasteiger partial charge in [-0.25, -0.2) is 0 Å². The predicted octanol–water partition coefficient (Wildman–Crippen LogP) is 2.27. The van der Waals surface area contributed by atoms with E-state index in [-0.39, 0.29) is 23.6 Å². The molecule has 0 spiro atoms. The van der Waals surface area contributed by atoms with E-state index in [1.165, 1.54) is 22.9 Å². The quantitative estimate of drug-likeness (QED) is 0.820. The lowest BCUT2D eigenvalue weighted by molar-refractivity contribution is -0.131. The van der Waals surface area contributed by atoms with E-state index in [4.69, 9.17) is 5.73 Å². The molecule has 0 radical (unpaired) electrons. The zero-order chi connectivity index (χ0) is 15.2. The van der Waals surface area contributed by atoms with Crippen LogP contribution in [0.1, 0.15) is 36.4 Å². The first-order chi connectivity index (χ1) is 10.1. The highest BCUT2D eigenvalue weighted by molar-refractivity contribution is 7.99. The zero-order valence-corrected chi connectivity index (χ0v) is 13.2. The fraction of sp³-hybridized carbons (Fsp3) is 0.500. The minimum atomic E-state index is -0.328. The molecule has 5 heteroatoms. The van der Waals surface area contributed by atoms with Gasteiger partial charge in [0.25, 0.3) is 0 Å². The van der Waals surface area contributed by atoms with E-state index in [0.29, 0.717) is 12.2 Å². The van der Waals surface area contributed by atoms with Crippen molar-refractivity contribution in [1.82, 2.24) is 4.90 Å². The summed E-state index contributed by atoms with van der Waals surface area (Å²) in [5, 5.41) is 0. The molecule has 2 N–H and O–H groups in total. The van der Waals surface area contributed by atoms with Crippen LogP contribution < -0.4 is 5.73 Å². The van der Waals surface area contributed by atoms with Crippen LogP contribution >= 0.6 is 11.8 Å². The van der Waals surface area contributed by atoms with Gasteiger partial charge >= 0.3 is 0 Å². The lowest BCUT2D eigenvalue weighted by Gasteiger charge is -2.25. The first-order valence-corrected chi connectivity index (χ1v) is 8.45. The van der Waals surface area contributed by atoms with Gasteiger partial charge in [-0.15, -0.1) is 0 Å². The highest BCUT2D eigenvalue weighted by Gasteiger charge is 2.29. The van der Waals surface area contributed by atoms with E-state index >= 15 is 0 Å². The van der Waals surface area contributed by atoms with Crippen LogP contribution in [0.3, 0.4) is 0 Å². The summed E-state index contributed by atoms with van der Waals surface area (Å²) in [4.78, 5) is 25.0. The molecule has 0 aromatic heterocycles. The Labute approximate surface area is 130 Å². The molecule has 1 fully saturated rings. The number of benzene rings is 1. The molecule has 0 bridgehead atoms. The van der Waals surface area contributed by atoms with E-state index in [1.54, 1.807) is 0 Å². The number of amides is 2. The zero-order valence-electron chi connectivity index (χ0n) is 12.4. The number of carbonyl (C=O) groups is 2. The Bertz CT molecular complexity index is 502. The first kappa shape index (κ1) is 15.9. The van der Waals surface area contributed by atoms with Crippen LogP contribution in [0.2, 0.25) is 0 Å². The molecule has 1 unspecified atom stereocenters. The van der Waals surface area contributed by atoms with E-state index < -0.39 is 0 Å². The summed E-state index contributed by atoms with van der Waals surface area (Å²) in [6, 6.07) is 8.64. The molecule has 1 atom stereocenters. The topological polar surface area (TPSA) is 63.4 Å². The molecule has 1 aliphatic rings. The summed E-state index contributed by atoms with van der Waals surface area (Å²) >= 11 is 1.43. The van der Waals surface area contributed by atoms with Crippen molar-refractivity contribution in [3.8, 4) is 0 Å². The van der Waals surface area contributed by atoms with E-state index in [2.05, 4.69) is 31.2 Å². The van der Waals surface area contributed by atoms with Crippen LogP contribution in [-0.4, -0.2) is 34.8 Å². The van der Waals surface area contributed by atoms with Crippen LogP contribution in [0.25, 0.3) is 0 Å². The second-order valence-corrected chi connectivity index (χ2v) is 6.53. The van der Waals surface area contributed by atoms with Crippen molar-refractivity contribution in [2.45, 2.75) is 32.2 Å². The highest BCUT2D eigenvalue weighted by Crippen LogP contribution is 2.32. The molecular formula is C16H22N2O2S. The van der Waals surface area contributed by atoms with Crippen molar-refractivity contribution in [2.75, 3.05) is 18.1 Å².